The monoisotopic (exact) mass is 246 g/mol. The molecule has 18 heavy (non-hydrogen) atoms. The highest BCUT2D eigenvalue weighted by Crippen LogP contribution is 2.11. The van der Waals surface area contributed by atoms with E-state index in [0.29, 0.717) is 12.1 Å². The van der Waals surface area contributed by atoms with E-state index in [1.807, 2.05) is 24.3 Å². The van der Waals surface area contributed by atoms with Gasteiger partial charge in [-0.15, -0.1) is 0 Å². The quantitative estimate of drug-likeness (QED) is 0.866. The Morgan fingerprint density at radius 1 is 1.28 bits per heavy atom. The average molecular weight is 246 g/mol. The maximum atomic E-state index is 11.8. The van der Waals surface area contributed by atoms with E-state index in [1.165, 1.54) is 16.9 Å². The van der Waals surface area contributed by atoms with Gasteiger partial charge >= 0.3 is 0 Å². The first-order valence-electron chi connectivity index (χ1n) is 5.53. The van der Waals surface area contributed by atoms with Crippen LogP contribution in [-0.2, 0) is 13.2 Å². The lowest BCUT2D eigenvalue weighted by Crippen LogP contribution is -2.26. The van der Waals surface area contributed by atoms with Gasteiger partial charge in [-0.05, 0) is 23.8 Å². The van der Waals surface area contributed by atoms with E-state index in [9.17, 15) is 4.79 Å². The van der Waals surface area contributed by atoms with Crippen LogP contribution in [0.25, 0.3) is 0 Å². The van der Waals surface area contributed by atoms with Crippen molar-refractivity contribution >= 4 is 0 Å². The summed E-state index contributed by atoms with van der Waals surface area (Å²) in [6.07, 6.45) is 1.51. The zero-order chi connectivity index (χ0) is 13.0. The van der Waals surface area contributed by atoms with Gasteiger partial charge in [0.15, 0.2) is 0 Å². The molecule has 1 aromatic heterocycles. The number of hydrogen-bond donors (Lipinski definition) is 1. The molecule has 1 N–H and O–H groups in total. The highest BCUT2D eigenvalue weighted by atomic mass is 16.5. The summed E-state index contributed by atoms with van der Waals surface area (Å²) in [6.45, 7) is 0.0979. The fraction of sp³-hybridized carbons (Fsp3) is 0.231. The van der Waals surface area contributed by atoms with Gasteiger partial charge in [0.05, 0.1) is 20.3 Å². The van der Waals surface area contributed by atoms with Crippen molar-refractivity contribution in [3.8, 4) is 5.75 Å². The Balaban J connectivity index is 2.25. The van der Waals surface area contributed by atoms with Crippen LogP contribution in [0.4, 0.5) is 0 Å². The van der Waals surface area contributed by atoms with E-state index in [0.717, 1.165) is 11.3 Å². The molecule has 0 unspecified atom stereocenters. The van der Waals surface area contributed by atoms with Crippen LogP contribution in [0, 0.1) is 0 Å². The van der Waals surface area contributed by atoms with Gasteiger partial charge in [-0.3, -0.25) is 4.79 Å². The minimum Gasteiger partial charge on any atom is -0.497 e. The lowest BCUT2D eigenvalue weighted by atomic mass is 10.2. The van der Waals surface area contributed by atoms with E-state index in [2.05, 4.69) is 5.10 Å². The van der Waals surface area contributed by atoms with Crippen LogP contribution in [0.1, 0.15) is 11.1 Å². The second-order valence-corrected chi connectivity index (χ2v) is 3.83. The number of aliphatic hydroxyl groups excluding tert-OH is 1. The van der Waals surface area contributed by atoms with Gasteiger partial charge in [-0.1, -0.05) is 12.1 Å². The number of aliphatic hydroxyl groups is 1. The van der Waals surface area contributed by atoms with Crippen LogP contribution in [0.5, 0.6) is 5.75 Å². The Bertz CT molecular complexity index is 576. The fourth-order valence-electron chi connectivity index (χ4n) is 1.63. The molecule has 0 atom stereocenters. The molecule has 1 aromatic carbocycles. The average Bonchev–Trinajstić information content (AvgIpc) is 2.42. The highest BCUT2D eigenvalue weighted by molar-refractivity contribution is 5.27. The Morgan fingerprint density at radius 3 is 2.61 bits per heavy atom. The molecule has 94 valence electrons. The van der Waals surface area contributed by atoms with E-state index in [-0.39, 0.29) is 12.2 Å². The van der Waals surface area contributed by atoms with Gasteiger partial charge < -0.3 is 9.84 Å². The molecule has 0 fully saturated rings. The third-order valence-corrected chi connectivity index (χ3v) is 2.65. The van der Waals surface area contributed by atoms with Crippen molar-refractivity contribution in [2.24, 2.45) is 0 Å². The maximum Gasteiger partial charge on any atom is 0.272 e. The van der Waals surface area contributed by atoms with Crippen molar-refractivity contribution in [1.29, 1.82) is 0 Å². The fourth-order valence-corrected chi connectivity index (χ4v) is 1.63. The van der Waals surface area contributed by atoms with Crippen LogP contribution in [0.15, 0.2) is 41.3 Å². The molecule has 0 saturated heterocycles. The van der Waals surface area contributed by atoms with Crippen molar-refractivity contribution < 1.29 is 9.84 Å². The Labute approximate surface area is 104 Å². The molecule has 0 radical (unpaired) electrons. The smallest absolute Gasteiger partial charge is 0.272 e. The van der Waals surface area contributed by atoms with Crippen molar-refractivity contribution in [1.82, 2.24) is 9.78 Å². The van der Waals surface area contributed by atoms with Gasteiger partial charge in [0, 0.05) is 11.8 Å². The van der Waals surface area contributed by atoms with Gasteiger partial charge in [0.1, 0.15) is 5.75 Å². The van der Waals surface area contributed by atoms with Crippen molar-refractivity contribution in [2.45, 2.75) is 13.2 Å². The van der Waals surface area contributed by atoms with Crippen molar-refractivity contribution in [3.05, 3.63) is 58.0 Å². The topological polar surface area (TPSA) is 64.3 Å². The number of rotatable bonds is 4. The maximum absolute atomic E-state index is 11.8. The SMILES string of the molecule is COc1ccc(Cn2nccc(CO)c2=O)cc1. The third-order valence-electron chi connectivity index (χ3n) is 2.65. The van der Waals surface area contributed by atoms with Crippen LogP contribution < -0.4 is 10.3 Å². The van der Waals surface area contributed by atoms with E-state index in [4.69, 9.17) is 9.84 Å². The number of nitrogens with zero attached hydrogens (tertiary/aromatic N) is 2. The predicted molar refractivity (Wildman–Crippen MR) is 66.5 cm³/mol. The summed E-state index contributed by atoms with van der Waals surface area (Å²) < 4.78 is 6.39. The number of hydrogen-bond acceptors (Lipinski definition) is 4. The normalized spacial score (nSPS) is 10.3. The minimum absolute atomic E-state index is 0.268. The van der Waals surface area contributed by atoms with Crippen molar-refractivity contribution in [2.75, 3.05) is 7.11 Å². The summed E-state index contributed by atoms with van der Waals surface area (Å²) in [5.41, 5.74) is 1.02. The largest absolute Gasteiger partial charge is 0.497 e. The van der Waals surface area contributed by atoms with Gasteiger partial charge in [-0.25, -0.2) is 4.68 Å². The second kappa shape index (κ2) is 5.46. The molecule has 2 aromatic rings. The summed E-state index contributed by atoms with van der Waals surface area (Å²) in [4.78, 5) is 11.8. The zero-order valence-corrected chi connectivity index (χ0v) is 10.0. The van der Waals surface area contributed by atoms with E-state index >= 15 is 0 Å². The van der Waals surface area contributed by atoms with Crippen LogP contribution in [0.3, 0.4) is 0 Å². The lowest BCUT2D eigenvalue weighted by Gasteiger charge is -2.06. The molecule has 5 nitrogen and oxygen atoms in total. The first-order valence-corrected chi connectivity index (χ1v) is 5.53. The number of ether oxygens (including phenoxy) is 1. The molecular formula is C13H14N2O3. The van der Waals surface area contributed by atoms with Gasteiger partial charge in [0.2, 0.25) is 0 Å². The molecule has 0 spiro atoms. The summed E-state index contributed by atoms with van der Waals surface area (Å²) in [7, 11) is 1.60. The predicted octanol–water partition coefficient (Wildman–Crippen LogP) is 0.792. The molecule has 5 heteroatoms. The number of methoxy groups -OCH3 is 1. The second-order valence-electron chi connectivity index (χ2n) is 3.83. The molecule has 0 saturated carbocycles. The standard InChI is InChI=1S/C13H14N2O3/c1-18-12-4-2-10(3-5-12)8-15-13(17)11(9-16)6-7-14-15/h2-7,16H,8-9H2,1H3. The van der Waals surface area contributed by atoms with Crippen LogP contribution >= 0.6 is 0 Å². The Morgan fingerprint density at radius 2 is 2.00 bits per heavy atom. The highest BCUT2D eigenvalue weighted by Gasteiger charge is 2.04. The molecule has 0 aliphatic heterocycles. The third kappa shape index (κ3) is 2.57. The number of aromatic nitrogens is 2. The van der Waals surface area contributed by atoms with Gasteiger partial charge in [0.25, 0.3) is 5.56 Å². The Kier molecular flexibility index (Phi) is 3.74. The Hall–Kier alpha value is -2.14. The van der Waals surface area contributed by atoms with Gasteiger partial charge in [-0.2, -0.15) is 5.10 Å². The minimum atomic E-state index is -0.274. The van der Waals surface area contributed by atoms with E-state index in [1.54, 1.807) is 7.11 Å². The van der Waals surface area contributed by atoms with Crippen LogP contribution in [-0.4, -0.2) is 22.0 Å². The molecule has 2 rings (SSSR count). The molecule has 0 bridgehead atoms. The summed E-state index contributed by atoms with van der Waals surface area (Å²) in [6, 6.07) is 8.93. The van der Waals surface area contributed by atoms with Crippen LogP contribution in [0.2, 0.25) is 0 Å². The van der Waals surface area contributed by atoms with E-state index < -0.39 is 0 Å². The first-order chi connectivity index (χ1) is 8.74. The molecule has 0 amide bonds. The molecule has 1 heterocycles. The summed E-state index contributed by atoms with van der Waals surface area (Å²) in [5, 5.41) is 13.0. The molecule has 0 aliphatic carbocycles. The lowest BCUT2D eigenvalue weighted by molar-refractivity contribution is 0.278. The zero-order valence-electron chi connectivity index (χ0n) is 10.0. The summed E-state index contributed by atoms with van der Waals surface area (Å²) in [5.74, 6) is 0.767. The molecule has 0 aliphatic rings. The summed E-state index contributed by atoms with van der Waals surface area (Å²) >= 11 is 0. The number of benzene rings is 1. The van der Waals surface area contributed by atoms with Crippen molar-refractivity contribution in [3.63, 3.8) is 0 Å². The molecular weight excluding hydrogens is 232 g/mol. The first kappa shape index (κ1) is 12.3.